The summed E-state index contributed by atoms with van der Waals surface area (Å²) in [5, 5.41) is 41.4. The summed E-state index contributed by atoms with van der Waals surface area (Å²) in [4.78, 5) is 104. The molecular formula is C20H22N8O24P5-5. The van der Waals surface area contributed by atoms with Crippen LogP contribution in [0, 0.1) is 0 Å². The number of phosphoric ester groups is 2. The molecular weight excluding hydrogens is 891 g/mol. The molecule has 0 bridgehead atoms. The topological polar surface area (TPSA) is 483 Å². The largest absolute Gasteiger partial charge is 0.756 e. The van der Waals surface area contributed by atoms with Crippen molar-refractivity contribution in [2.24, 2.45) is 0 Å². The van der Waals surface area contributed by atoms with Crippen molar-refractivity contribution in [1.82, 2.24) is 39.0 Å². The van der Waals surface area contributed by atoms with Crippen LogP contribution in [-0.4, -0.2) is 109 Å². The number of nitrogens with one attached hydrogen (secondary N) is 2. The first kappa shape index (κ1) is 43.7. The number of aromatic nitrogens is 8. The normalized spacial score (nSPS) is 30.8. The lowest BCUT2D eigenvalue weighted by atomic mass is 10.1. The molecule has 0 radical (unpaired) electrons. The van der Waals surface area contributed by atoms with Gasteiger partial charge in [-0.25, -0.2) is 37.2 Å². The van der Waals surface area contributed by atoms with Crippen LogP contribution in [0.4, 0.5) is 0 Å². The summed E-state index contributed by atoms with van der Waals surface area (Å²) in [7, 11) is -33.0. The average Bonchev–Trinajstić information content (AvgIpc) is 3.83. The number of phosphoric acid groups is 5. The molecule has 2 aliphatic heterocycles. The van der Waals surface area contributed by atoms with Gasteiger partial charge in [-0.2, -0.15) is 0 Å². The van der Waals surface area contributed by atoms with Crippen LogP contribution in [0.25, 0.3) is 22.3 Å². The smallest absolute Gasteiger partial charge is 0.280 e. The van der Waals surface area contributed by atoms with Gasteiger partial charge < -0.3 is 73.4 Å². The van der Waals surface area contributed by atoms with Crippen LogP contribution < -0.4 is 35.6 Å². The van der Waals surface area contributed by atoms with Gasteiger partial charge in [-0.3, -0.25) is 41.5 Å². The molecule has 6 heterocycles. The Bertz CT molecular complexity index is 2340. The van der Waals surface area contributed by atoms with Crippen LogP contribution in [0.15, 0.2) is 34.9 Å². The maximum atomic E-state index is 12.2. The van der Waals surface area contributed by atoms with Crippen LogP contribution in [0.3, 0.4) is 0 Å². The van der Waals surface area contributed by atoms with E-state index in [2.05, 4.69) is 56.2 Å². The standard InChI is InChI=1S/C20H27N8O24P5/c29-11-7(47-19(13(11)31)27-5-25-9-15(27)21-3-23-17(9)33)1-45-53(35,36)49-55(39,40)51-57(43,44)52-56(41,42)50-54(37,38)46-2-8-12(30)14(32)20(48-8)28-6-26-10-16(28)22-4-24-18(10)34/h3-8,11-14,19-20,29-32H,1-2H2,(H,35,36)(H,37,38)(H,39,40)(H,41,42)(H,43,44)(H,21,23,33)(H,22,24,34)/p-5. The summed E-state index contributed by atoms with van der Waals surface area (Å²) in [6, 6.07) is 0. The Morgan fingerprint density at radius 3 is 1.26 bits per heavy atom. The zero-order valence-corrected chi connectivity index (χ0v) is 31.7. The van der Waals surface area contributed by atoms with Crippen LogP contribution >= 0.6 is 39.1 Å². The van der Waals surface area contributed by atoms with Gasteiger partial charge in [0.15, 0.2) is 34.8 Å². The van der Waals surface area contributed by atoms with Crippen LogP contribution in [-0.2, 0) is 58.6 Å². The van der Waals surface area contributed by atoms with E-state index >= 15 is 0 Å². The number of imidazole rings is 2. The Balaban J connectivity index is 1.00. The van der Waals surface area contributed by atoms with Crippen molar-refractivity contribution in [3.63, 3.8) is 0 Å². The first-order chi connectivity index (χ1) is 26.4. The number of rotatable bonds is 16. The highest BCUT2D eigenvalue weighted by Gasteiger charge is 2.46. The van der Waals surface area contributed by atoms with Crippen molar-refractivity contribution in [2.45, 2.75) is 49.1 Å². The Kier molecular flexibility index (Phi) is 12.3. The van der Waals surface area contributed by atoms with E-state index in [0.29, 0.717) is 0 Å². The van der Waals surface area contributed by atoms with E-state index in [1.165, 1.54) is 0 Å². The first-order valence-corrected chi connectivity index (χ1v) is 22.2. The highest BCUT2D eigenvalue weighted by Crippen LogP contribution is 2.69. The Morgan fingerprint density at radius 2 is 0.912 bits per heavy atom. The molecule has 0 aromatic carbocycles. The number of aliphatic hydroxyl groups excluding tert-OH is 4. The highest BCUT2D eigenvalue weighted by atomic mass is 31.3. The van der Waals surface area contributed by atoms with Gasteiger partial charge in [-0.1, -0.05) is 0 Å². The van der Waals surface area contributed by atoms with Crippen molar-refractivity contribution in [2.75, 3.05) is 13.2 Å². The minimum atomic E-state index is -6.90. The lowest BCUT2D eigenvalue weighted by Crippen LogP contribution is -2.34. The average molecular weight is 913 g/mol. The molecule has 0 amide bonds. The third-order valence-electron chi connectivity index (χ3n) is 7.55. The Labute approximate surface area is 312 Å². The number of ether oxygens (including phenoxy) is 2. The lowest BCUT2D eigenvalue weighted by Gasteiger charge is -2.37. The molecule has 2 saturated heterocycles. The molecule has 2 fully saturated rings. The highest BCUT2D eigenvalue weighted by molar-refractivity contribution is 7.70. The second-order valence-corrected chi connectivity index (χ2v) is 19.0. The zero-order chi connectivity index (χ0) is 41.9. The molecule has 2 aliphatic rings. The lowest BCUT2D eigenvalue weighted by molar-refractivity contribution is -0.256. The maximum Gasteiger partial charge on any atom is 0.280 e. The fourth-order valence-corrected chi connectivity index (χ4v) is 11.3. The molecule has 316 valence electrons. The summed E-state index contributed by atoms with van der Waals surface area (Å²) in [5.41, 5.74) is -2.10. The maximum absolute atomic E-state index is 12.2. The van der Waals surface area contributed by atoms with Crippen molar-refractivity contribution in [3.8, 4) is 0 Å². The van der Waals surface area contributed by atoms with E-state index in [9.17, 15) is 77.3 Å². The predicted octanol–water partition coefficient (Wildman–Crippen LogP) is -6.07. The molecule has 6 rings (SSSR count). The van der Waals surface area contributed by atoms with Crippen molar-refractivity contribution in [3.05, 3.63) is 46.0 Å². The Morgan fingerprint density at radius 1 is 0.579 bits per heavy atom. The minimum Gasteiger partial charge on any atom is -0.756 e. The summed E-state index contributed by atoms with van der Waals surface area (Å²) in [6.45, 7) is -2.66. The second-order valence-electron chi connectivity index (χ2n) is 11.4. The second kappa shape index (κ2) is 16.0. The fourth-order valence-electron chi connectivity index (χ4n) is 5.20. The molecule has 32 nitrogen and oxygen atoms in total. The molecule has 57 heavy (non-hydrogen) atoms. The van der Waals surface area contributed by atoms with E-state index in [-0.39, 0.29) is 22.3 Å². The predicted molar refractivity (Wildman–Crippen MR) is 162 cm³/mol. The molecule has 4 aromatic rings. The molecule has 4 aromatic heterocycles. The van der Waals surface area contributed by atoms with Gasteiger partial charge in [-0.15, -0.1) is 0 Å². The van der Waals surface area contributed by atoms with Crippen molar-refractivity contribution >= 4 is 61.4 Å². The van der Waals surface area contributed by atoms with E-state index < -0.39 is 113 Å². The van der Waals surface area contributed by atoms with Gasteiger partial charge in [0, 0.05) is 0 Å². The number of fused-ring (bicyclic) bond motifs is 2. The number of aliphatic hydroxyl groups is 4. The van der Waals surface area contributed by atoms with Crippen LogP contribution in [0.1, 0.15) is 12.5 Å². The van der Waals surface area contributed by atoms with Gasteiger partial charge in [0.25, 0.3) is 50.2 Å². The number of H-pyrrole nitrogens is 2. The molecule has 6 N–H and O–H groups in total. The van der Waals surface area contributed by atoms with Gasteiger partial charge >= 0.3 is 0 Å². The molecule has 37 heteroatoms. The molecule has 0 aliphatic carbocycles. The van der Waals surface area contributed by atoms with Crippen molar-refractivity contribution in [1.29, 1.82) is 0 Å². The third kappa shape index (κ3) is 9.80. The molecule has 0 spiro atoms. The van der Waals surface area contributed by atoms with Gasteiger partial charge in [0.1, 0.15) is 36.6 Å². The van der Waals surface area contributed by atoms with Gasteiger partial charge in [0.2, 0.25) is 0 Å². The minimum absolute atomic E-state index is 0.144. The number of aromatic amines is 2. The number of hydrogen-bond acceptors (Lipinski definition) is 28. The van der Waals surface area contributed by atoms with Crippen LogP contribution in [0.5, 0.6) is 0 Å². The molecule has 0 saturated carbocycles. The van der Waals surface area contributed by atoms with Gasteiger partial charge in [-0.05, 0) is 0 Å². The number of hydrogen-bond donors (Lipinski definition) is 6. The van der Waals surface area contributed by atoms with Crippen LogP contribution in [0.2, 0.25) is 0 Å². The van der Waals surface area contributed by atoms with E-state index in [4.69, 9.17) is 9.47 Å². The summed E-state index contributed by atoms with van der Waals surface area (Å²) in [5.74, 6) is 0. The first-order valence-electron chi connectivity index (χ1n) is 14.9. The molecule has 12 atom stereocenters. The van der Waals surface area contributed by atoms with E-state index in [1.807, 2.05) is 0 Å². The monoisotopic (exact) mass is 913 g/mol. The zero-order valence-electron chi connectivity index (χ0n) is 27.2. The summed E-state index contributed by atoms with van der Waals surface area (Å²) >= 11 is 0. The molecule has 12 unspecified atom stereocenters. The van der Waals surface area contributed by atoms with Crippen molar-refractivity contribution < 1.29 is 103 Å². The number of nitrogens with zero attached hydrogens (tertiary/aromatic N) is 6. The summed E-state index contributed by atoms with van der Waals surface area (Å²) in [6.07, 6.45) is -10.4. The Hall–Kier alpha value is -2.83. The third-order valence-corrected chi connectivity index (χ3v) is 14.9. The van der Waals surface area contributed by atoms with E-state index in [0.717, 1.165) is 34.4 Å². The van der Waals surface area contributed by atoms with Gasteiger partial charge in [0.05, 0.1) is 38.5 Å². The fraction of sp³-hybridized carbons (Fsp3) is 0.500. The quantitative estimate of drug-likeness (QED) is 0.0570. The SMILES string of the molecule is O=c1[nH]cnc2c1ncn2C1OC(COP(=O)([O-])OP(=O)([O-])OP(=O)([O-])OP(=O)([O-])OP(=O)([O-])OCC2OC(n3cnc4c(=O)[nH]cnc43)C(O)C2O)C(O)C1O. The van der Waals surface area contributed by atoms with E-state index in [1.54, 1.807) is 0 Å². The summed E-state index contributed by atoms with van der Waals surface area (Å²) < 4.78 is 95.4.